The van der Waals surface area contributed by atoms with E-state index in [1.54, 1.807) is 14.2 Å². The van der Waals surface area contributed by atoms with Crippen LogP contribution < -0.4 is 0 Å². The fourth-order valence-corrected chi connectivity index (χ4v) is 7.32. The lowest BCUT2D eigenvalue weighted by Gasteiger charge is -2.59. The van der Waals surface area contributed by atoms with Crippen molar-refractivity contribution in [2.75, 3.05) is 14.2 Å². The molecule has 0 spiro atoms. The summed E-state index contributed by atoms with van der Waals surface area (Å²) in [6.07, 6.45) is 11.5. The zero-order valence-corrected chi connectivity index (χ0v) is 16.4. The molecule has 0 radical (unpaired) electrons. The maximum atomic E-state index is 5.18. The van der Waals surface area contributed by atoms with Gasteiger partial charge in [-0.2, -0.15) is 0 Å². The highest BCUT2D eigenvalue weighted by Gasteiger charge is 2.59. The van der Waals surface area contributed by atoms with E-state index in [1.807, 2.05) is 0 Å². The Morgan fingerprint density at radius 2 is 1.68 bits per heavy atom. The van der Waals surface area contributed by atoms with E-state index in [0.717, 1.165) is 42.9 Å². The molecule has 25 heavy (non-hydrogen) atoms. The zero-order valence-electron chi connectivity index (χ0n) is 16.4. The van der Waals surface area contributed by atoms with Gasteiger partial charge in [-0.05, 0) is 86.9 Å². The number of nitrogens with zero attached hydrogens (tertiary/aromatic N) is 2. The van der Waals surface area contributed by atoms with Gasteiger partial charge in [0.25, 0.3) is 0 Å². The van der Waals surface area contributed by atoms with E-state index in [4.69, 9.17) is 9.68 Å². The first-order valence-corrected chi connectivity index (χ1v) is 10.2. The van der Waals surface area contributed by atoms with Crippen molar-refractivity contribution in [2.24, 2.45) is 44.8 Å². The van der Waals surface area contributed by atoms with Gasteiger partial charge in [-0.15, -0.1) is 0 Å². The summed E-state index contributed by atoms with van der Waals surface area (Å²) in [6.45, 7) is 5.07. The highest BCUT2D eigenvalue weighted by molar-refractivity contribution is 5.92. The van der Waals surface area contributed by atoms with Crippen LogP contribution in [0, 0.1) is 34.5 Å². The van der Waals surface area contributed by atoms with Gasteiger partial charge in [-0.1, -0.05) is 24.2 Å². The minimum Gasteiger partial charge on any atom is -0.399 e. The van der Waals surface area contributed by atoms with Gasteiger partial charge in [0.2, 0.25) is 0 Å². The highest BCUT2D eigenvalue weighted by Crippen LogP contribution is 2.65. The van der Waals surface area contributed by atoms with Crippen LogP contribution in [0.25, 0.3) is 0 Å². The maximum absolute atomic E-state index is 5.18. The summed E-state index contributed by atoms with van der Waals surface area (Å²) in [5.74, 6) is 3.38. The number of hydrogen-bond acceptors (Lipinski definition) is 4. The minimum absolute atomic E-state index is 0.289. The molecular formula is C21H34N2O2. The van der Waals surface area contributed by atoms with E-state index in [0.29, 0.717) is 5.41 Å². The fraction of sp³-hybridized carbons (Fsp3) is 0.905. The number of hydrogen-bond donors (Lipinski definition) is 0. The molecule has 0 aromatic heterocycles. The second-order valence-electron chi connectivity index (χ2n) is 9.42. The molecule has 4 aliphatic rings. The Kier molecular flexibility index (Phi) is 4.36. The summed E-state index contributed by atoms with van der Waals surface area (Å²) in [7, 11) is 3.38. The van der Waals surface area contributed by atoms with E-state index < -0.39 is 0 Å². The van der Waals surface area contributed by atoms with Crippen molar-refractivity contribution >= 4 is 11.4 Å². The normalized spacial score (nSPS) is 49.4. The van der Waals surface area contributed by atoms with Crippen LogP contribution in [0.4, 0.5) is 0 Å². The Morgan fingerprint density at radius 3 is 2.44 bits per heavy atom. The molecule has 0 bridgehead atoms. The quantitative estimate of drug-likeness (QED) is 0.658. The third kappa shape index (κ3) is 2.54. The molecule has 0 aliphatic heterocycles. The summed E-state index contributed by atoms with van der Waals surface area (Å²) in [6, 6.07) is 0. The molecular weight excluding hydrogens is 312 g/mol. The SMILES string of the molecule is CO/N=C1/CC[C@@]2(C)[C@@H](CC[C@@H]3[C@@H]2CC[C@]2(C)/C(=N\OC)CC[C@@H]32)C1. The standard InChI is InChI=1S/C21H34N2O2/c1-20-11-9-15(22-24-3)13-14(20)5-6-16-17-7-8-19(23-25-4)21(17,2)12-10-18(16)20/h14,16-18H,5-13H2,1-4H3/b22-15-,23-19-/t14-,16-,17-,18-,20-,21-/m0/s1. The molecule has 4 aliphatic carbocycles. The van der Waals surface area contributed by atoms with Gasteiger partial charge in [0.1, 0.15) is 14.2 Å². The third-order valence-corrected chi connectivity index (χ3v) is 8.66. The van der Waals surface area contributed by atoms with Crippen molar-refractivity contribution in [1.82, 2.24) is 0 Å². The molecule has 4 heteroatoms. The number of oxime groups is 2. The summed E-state index contributed by atoms with van der Waals surface area (Å²) in [5.41, 5.74) is 3.42. The minimum atomic E-state index is 0.289. The predicted octanol–water partition coefficient (Wildman–Crippen LogP) is 5.03. The van der Waals surface area contributed by atoms with Crippen molar-refractivity contribution in [2.45, 2.75) is 71.6 Å². The van der Waals surface area contributed by atoms with Gasteiger partial charge in [-0.3, -0.25) is 0 Å². The van der Waals surface area contributed by atoms with Crippen LogP contribution in [0.2, 0.25) is 0 Å². The summed E-state index contributed by atoms with van der Waals surface area (Å²) < 4.78 is 0. The molecule has 4 fully saturated rings. The van der Waals surface area contributed by atoms with Gasteiger partial charge in [0.05, 0.1) is 11.4 Å². The van der Waals surface area contributed by atoms with Crippen LogP contribution in [0.15, 0.2) is 10.3 Å². The van der Waals surface area contributed by atoms with Gasteiger partial charge < -0.3 is 9.68 Å². The third-order valence-electron chi connectivity index (χ3n) is 8.66. The summed E-state index contributed by atoms with van der Waals surface area (Å²) in [5, 5.41) is 8.73. The first-order chi connectivity index (χ1) is 12.0. The second-order valence-corrected chi connectivity index (χ2v) is 9.42. The zero-order chi connectivity index (χ0) is 17.7. The molecule has 0 aromatic carbocycles. The van der Waals surface area contributed by atoms with E-state index in [9.17, 15) is 0 Å². The van der Waals surface area contributed by atoms with Crippen LogP contribution in [-0.4, -0.2) is 25.6 Å². The number of fused-ring (bicyclic) bond motifs is 5. The molecule has 0 amide bonds. The van der Waals surface area contributed by atoms with Crippen LogP contribution in [0.1, 0.15) is 71.6 Å². The molecule has 140 valence electrons. The van der Waals surface area contributed by atoms with E-state index in [1.165, 1.54) is 49.9 Å². The van der Waals surface area contributed by atoms with E-state index in [-0.39, 0.29) is 5.41 Å². The molecule has 0 aromatic rings. The van der Waals surface area contributed by atoms with Crippen LogP contribution >= 0.6 is 0 Å². The molecule has 0 heterocycles. The monoisotopic (exact) mass is 346 g/mol. The molecule has 6 atom stereocenters. The summed E-state index contributed by atoms with van der Waals surface area (Å²) >= 11 is 0. The van der Waals surface area contributed by atoms with E-state index >= 15 is 0 Å². The van der Waals surface area contributed by atoms with E-state index in [2.05, 4.69) is 24.2 Å². The molecule has 4 saturated carbocycles. The smallest absolute Gasteiger partial charge is 0.106 e. The largest absolute Gasteiger partial charge is 0.399 e. The van der Waals surface area contributed by atoms with Crippen LogP contribution in [0.5, 0.6) is 0 Å². The van der Waals surface area contributed by atoms with Gasteiger partial charge in [-0.25, -0.2) is 0 Å². The second kappa shape index (κ2) is 6.28. The number of rotatable bonds is 2. The van der Waals surface area contributed by atoms with Crippen molar-refractivity contribution in [3.8, 4) is 0 Å². The molecule has 0 N–H and O–H groups in total. The van der Waals surface area contributed by atoms with Gasteiger partial charge in [0.15, 0.2) is 0 Å². The first kappa shape index (κ1) is 17.4. The highest BCUT2D eigenvalue weighted by atomic mass is 16.6. The topological polar surface area (TPSA) is 43.2 Å². The van der Waals surface area contributed by atoms with Crippen molar-refractivity contribution in [3.63, 3.8) is 0 Å². The molecule has 0 unspecified atom stereocenters. The van der Waals surface area contributed by atoms with Gasteiger partial charge in [0, 0.05) is 5.41 Å². The lowest BCUT2D eigenvalue weighted by molar-refractivity contribution is -0.0821. The van der Waals surface area contributed by atoms with Gasteiger partial charge >= 0.3 is 0 Å². The average Bonchev–Trinajstić information content (AvgIpc) is 2.93. The molecule has 0 saturated heterocycles. The predicted molar refractivity (Wildman–Crippen MR) is 101 cm³/mol. The lowest BCUT2D eigenvalue weighted by atomic mass is 9.45. The maximum Gasteiger partial charge on any atom is 0.106 e. The Morgan fingerprint density at radius 1 is 0.880 bits per heavy atom. The Balaban J connectivity index is 1.58. The van der Waals surface area contributed by atoms with Crippen LogP contribution in [-0.2, 0) is 9.68 Å². The molecule has 4 rings (SSSR count). The molecule has 4 nitrogen and oxygen atoms in total. The lowest BCUT2D eigenvalue weighted by Crippen LogP contribution is -2.53. The fourth-order valence-electron chi connectivity index (χ4n) is 7.32. The van der Waals surface area contributed by atoms with Crippen molar-refractivity contribution in [1.29, 1.82) is 0 Å². The van der Waals surface area contributed by atoms with Crippen LogP contribution in [0.3, 0.4) is 0 Å². The first-order valence-electron chi connectivity index (χ1n) is 10.2. The Bertz CT molecular complexity index is 586. The Labute approximate surface area is 152 Å². The van der Waals surface area contributed by atoms with Crippen molar-refractivity contribution < 1.29 is 9.68 Å². The summed E-state index contributed by atoms with van der Waals surface area (Å²) in [4.78, 5) is 10.2. The average molecular weight is 347 g/mol. The Hall–Kier alpha value is -1.06. The van der Waals surface area contributed by atoms with Crippen molar-refractivity contribution in [3.05, 3.63) is 0 Å².